The second kappa shape index (κ2) is 12.2. The molecule has 2 aromatic rings. The van der Waals surface area contributed by atoms with Gasteiger partial charge in [-0.05, 0) is 54.5 Å². The van der Waals surface area contributed by atoms with E-state index in [-0.39, 0.29) is 23.1 Å². The van der Waals surface area contributed by atoms with E-state index in [1.165, 1.54) is 29.2 Å². The van der Waals surface area contributed by atoms with E-state index in [1.54, 1.807) is 37.5 Å². The molecule has 0 radical (unpaired) electrons. The molecule has 0 unspecified atom stereocenters. The zero-order valence-corrected chi connectivity index (χ0v) is 19.6. The van der Waals surface area contributed by atoms with E-state index in [0.29, 0.717) is 23.1 Å². The number of rotatable bonds is 10. The molecule has 1 N–H and O–H groups in total. The van der Waals surface area contributed by atoms with E-state index in [4.69, 9.17) is 4.74 Å². The van der Waals surface area contributed by atoms with Crippen molar-refractivity contribution in [2.75, 3.05) is 24.3 Å². The SMILES string of the molecule is CCCCNC(=O)CSC1=NC(=Cc2ccc(OC)cc2)C(=O)N1c1ccc(OC(F)F)cc1. The Morgan fingerprint density at radius 1 is 1.15 bits per heavy atom. The quantitative estimate of drug-likeness (QED) is 0.387. The predicted molar refractivity (Wildman–Crippen MR) is 129 cm³/mol. The molecular formula is C24H25F2N3O4S. The van der Waals surface area contributed by atoms with Gasteiger partial charge in [0.1, 0.15) is 17.2 Å². The number of amidine groups is 1. The molecule has 10 heteroatoms. The topological polar surface area (TPSA) is 80.2 Å². The van der Waals surface area contributed by atoms with Crippen LogP contribution in [0.15, 0.2) is 59.2 Å². The number of methoxy groups -OCH3 is 1. The number of hydrogen-bond donors (Lipinski definition) is 1. The first-order valence-corrected chi connectivity index (χ1v) is 11.6. The van der Waals surface area contributed by atoms with Crippen LogP contribution in [0, 0.1) is 0 Å². The normalized spacial score (nSPS) is 14.5. The summed E-state index contributed by atoms with van der Waals surface area (Å²) < 4.78 is 34.5. The molecule has 0 atom stereocenters. The lowest BCUT2D eigenvalue weighted by Crippen LogP contribution is -2.32. The second-order valence-electron chi connectivity index (χ2n) is 7.20. The van der Waals surface area contributed by atoms with E-state index in [0.717, 1.165) is 30.2 Å². The number of benzene rings is 2. The highest BCUT2D eigenvalue weighted by Gasteiger charge is 2.32. The standard InChI is InChI=1S/C24H25F2N3O4S/c1-3-4-13-27-21(30)15-34-24-28-20(14-16-5-9-18(32-2)10-6-16)22(31)29(24)17-7-11-19(12-8-17)33-23(25)26/h5-12,14,23H,3-4,13,15H2,1-2H3,(H,27,30). The maximum absolute atomic E-state index is 13.2. The fraction of sp³-hybridized carbons (Fsp3) is 0.292. The molecular weight excluding hydrogens is 464 g/mol. The van der Waals surface area contributed by atoms with Crippen LogP contribution in [-0.2, 0) is 9.59 Å². The van der Waals surface area contributed by atoms with Crippen molar-refractivity contribution in [3.63, 3.8) is 0 Å². The van der Waals surface area contributed by atoms with Crippen molar-refractivity contribution in [1.29, 1.82) is 0 Å². The van der Waals surface area contributed by atoms with Crippen LogP contribution < -0.4 is 19.7 Å². The number of alkyl halides is 2. The van der Waals surface area contributed by atoms with Gasteiger partial charge in [-0.25, -0.2) is 4.99 Å². The molecule has 0 fully saturated rings. The largest absolute Gasteiger partial charge is 0.497 e. The van der Waals surface area contributed by atoms with Crippen LogP contribution in [0.5, 0.6) is 11.5 Å². The molecule has 1 heterocycles. The van der Waals surface area contributed by atoms with Gasteiger partial charge >= 0.3 is 6.61 Å². The zero-order valence-electron chi connectivity index (χ0n) is 18.8. The fourth-order valence-corrected chi connectivity index (χ4v) is 3.88. The summed E-state index contributed by atoms with van der Waals surface area (Å²) in [7, 11) is 1.57. The van der Waals surface area contributed by atoms with Gasteiger partial charge in [0.05, 0.1) is 18.6 Å². The molecule has 0 saturated carbocycles. The number of nitrogens with zero attached hydrogens (tertiary/aromatic N) is 2. The molecule has 180 valence electrons. The molecule has 3 rings (SSSR count). The number of carbonyl (C=O) groups excluding carboxylic acids is 2. The highest BCUT2D eigenvalue weighted by Crippen LogP contribution is 2.31. The van der Waals surface area contributed by atoms with Crippen LogP contribution in [0.1, 0.15) is 25.3 Å². The summed E-state index contributed by atoms with van der Waals surface area (Å²) in [5.74, 6) is 0.172. The van der Waals surface area contributed by atoms with Crippen LogP contribution in [0.25, 0.3) is 6.08 Å². The van der Waals surface area contributed by atoms with E-state index in [9.17, 15) is 18.4 Å². The average Bonchev–Trinajstić information content (AvgIpc) is 3.13. The lowest BCUT2D eigenvalue weighted by Gasteiger charge is -2.18. The first-order chi connectivity index (χ1) is 16.4. The summed E-state index contributed by atoms with van der Waals surface area (Å²) in [6.45, 7) is -0.331. The Labute approximate surface area is 200 Å². The Morgan fingerprint density at radius 3 is 2.44 bits per heavy atom. The number of halogens is 2. The highest BCUT2D eigenvalue weighted by atomic mass is 32.2. The van der Waals surface area contributed by atoms with Crippen LogP contribution in [0.4, 0.5) is 14.5 Å². The van der Waals surface area contributed by atoms with Crippen LogP contribution >= 0.6 is 11.8 Å². The molecule has 1 aliphatic heterocycles. The maximum Gasteiger partial charge on any atom is 0.387 e. The highest BCUT2D eigenvalue weighted by molar-refractivity contribution is 8.14. The van der Waals surface area contributed by atoms with Crippen LogP contribution in [0.3, 0.4) is 0 Å². The van der Waals surface area contributed by atoms with E-state index in [1.807, 2.05) is 6.92 Å². The number of amides is 2. The molecule has 7 nitrogen and oxygen atoms in total. The lowest BCUT2D eigenvalue weighted by atomic mass is 10.2. The molecule has 0 saturated heterocycles. The first kappa shape index (κ1) is 25.2. The van der Waals surface area contributed by atoms with Gasteiger partial charge in [0.15, 0.2) is 5.17 Å². The van der Waals surface area contributed by atoms with Gasteiger partial charge in [-0.2, -0.15) is 8.78 Å². The number of anilines is 1. The van der Waals surface area contributed by atoms with Gasteiger partial charge in [-0.15, -0.1) is 0 Å². The molecule has 2 aromatic carbocycles. The third-order valence-electron chi connectivity index (χ3n) is 4.75. The van der Waals surface area contributed by atoms with Crippen molar-refractivity contribution >= 4 is 40.5 Å². The van der Waals surface area contributed by atoms with Gasteiger partial charge in [0.25, 0.3) is 5.91 Å². The van der Waals surface area contributed by atoms with Crippen LogP contribution in [-0.4, -0.2) is 43.0 Å². The van der Waals surface area contributed by atoms with Crippen molar-refractivity contribution in [2.24, 2.45) is 4.99 Å². The summed E-state index contributed by atoms with van der Waals surface area (Å²) >= 11 is 1.12. The minimum atomic E-state index is -2.95. The molecule has 0 bridgehead atoms. The molecule has 34 heavy (non-hydrogen) atoms. The summed E-state index contributed by atoms with van der Waals surface area (Å²) in [6.07, 6.45) is 3.48. The molecule has 1 aliphatic rings. The van der Waals surface area contributed by atoms with Gasteiger partial charge in [0.2, 0.25) is 5.91 Å². The number of unbranched alkanes of at least 4 members (excludes halogenated alkanes) is 1. The van der Waals surface area contributed by atoms with Crippen LogP contribution in [0.2, 0.25) is 0 Å². The molecule has 0 spiro atoms. The first-order valence-electron chi connectivity index (χ1n) is 10.6. The van der Waals surface area contributed by atoms with Crippen molar-refractivity contribution < 1.29 is 27.8 Å². The third-order valence-corrected chi connectivity index (χ3v) is 5.69. The minimum absolute atomic E-state index is 0.0270. The van der Waals surface area contributed by atoms with Crippen molar-refractivity contribution in [2.45, 2.75) is 26.4 Å². The van der Waals surface area contributed by atoms with Gasteiger partial charge in [-0.3, -0.25) is 14.5 Å². The average molecular weight is 490 g/mol. The lowest BCUT2D eigenvalue weighted by molar-refractivity contribution is -0.118. The van der Waals surface area contributed by atoms with Gasteiger partial charge in [-0.1, -0.05) is 37.2 Å². The summed E-state index contributed by atoms with van der Waals surface area (Å²) in [6, 6.07) is 12.8. The van der Waals surface area contributed by atoms with Crippen molar-refractivity contribution in [1.82, 2.24) is 5.32 Å². The minimum Gasteiger partial charge on any atom is -0.497 e. The summed E-state index contributed by atoms with van der Waals surface area (Å²) in [4.78, 5) is 31.2. The number of nitrogens with one attached hydrogen (secondary N) is 1. The Hall–Kier alpha value is -3.40. The van der Waals surface area contributed by atoms with E-state index >= 15 is 0 Å². The Kier molecular flexibility index (Phi) is 9.03. The number of carbonyl (C=O) groups is 2. The Morgan fingerprint density at radius 2 is 1.82 bits per heavy atom. The van der Waals surface area contributed by atoms with E-state index < -0.39 is 12.5 Å². The number of aliphatic imine (C=N–C) groups is 1. The summed E-state index contributed by atoms with van der Waals surface area (Å²) in [5.41, 5.74) is 1.35. The van der Waals surface area contributed by atoms with Crippen molar-refractivity contribution in [3.8, 4) is 11.5 Å². The maximum atomic E-state index is 13.2. The molecule has 0 aromatic heterocycles. The van der Waals surface area contributed by atoms with E-state index in [2.05, 4.69) is 15.0 Å². The molecule has 0 aliphatic carbocycles. The monoisotopic (exact) mass is 489 g/mol. The Balaban J connectivity index is 1.83. The third kappa shape index (κ3) is 6.80. The zero-order chi connectivity index (χ0) is 24.5. The predicted octanol–water partition coefficient (Wildman–Crippen LogP) is 4.69. The smallest absolute Gasteiger partial charge is 0.387 e. The van der Waals surface area contributed by atoms with Gasteiger partial charge in [0, 0.05) is 6.54 Å². The number of hydrogen-bond acceptors (Lipinski definition) is 6. The summed E-state index contributed by atoms with van der Waals surface area (Å²) in [5, 5.41) is 3.15. The Bertz CT molecular complexity index is 1060. The second-order valence-corrected chi connectivity index (χ2v) is 8.14. The number of ether oxygens (including phenoxy) is 2. The number of thioether (sulfide) groups is 1. The van der Waals surface area contributed by atoms with Gasteiger partial charge < -0.3 is 14.8 Å². The van der Waals surface area contributed by atoms with Crippen molar-refractivity contribution in [3.05, 3.63) is 59.8 Å². The fourth-order valence-electron chi connectivity index (χ4n) is 3.04. The molecule has 2 amide bonds.